The first-order valence-corrected chi connectivity index (χ1v) is 13.5. The largest absolute Gasteiger partial charge is 0.353 e. The van der Waals surface area contributed by atoms with Crippen molar-refractivity contribution >= 4 is 37.4 Å². The SMILES string of the molecule is CC(C)c1ccc(S(=O)(=O)N2CCN(c3ncnc4scc(-c5ccc(F)cc5)c34)CC2)cc1. The average molecular weight is 497 g/mol. The second-order valence-corrected chi connectivity index (χ2v) is 11.4. The minimum atomic E-state index is -3.56. The molecule has 1 saturated heterocycles. The Hall–Kier alpha value is -2.88. The van der Waals surface area contributed by atoms with Crippen LogP contribution in [0.3, 0.4) is 0 Å². The molecule has 0 amide bonds. The van der Waals surface area contributed by atoms with Crippen LogP contribution in [0.15, 0.2) is 65.1 Å². The van der Waals surface area contributed by atoms with E-state index in [2.05, 4.69) is 28.7 Å². The first-order chi connectivity index (χ1) is 16.3. The van der Waals surface area contributed by atoms with E-state index in [0.717, 1.165) is 32.7 Å². The monoisotopic (exact) mass is 496 g/mol. The molecule has 0 spiro atoms. The molecule has 0 unspecified atom stereocenters. The zero-order valence-electron chi connectivity index (χ0n) is 19.0. The van der Waals surface area contributed by atoms with Crippen molar-refractivity contribution in [3.05, 3.63) is 71.6 Å². The van der Waals surface area contributed by atoms with Crippen LogP contribution < -0.4 is 4.90 Å². The van der Waals surface area contributed by atoms with Crippen LogP contribution in [-0.2, 0) is 10.0 Å². The Morgan fingerprint density at radius 1 is 0.941 bits per heavy atom. The van der Waals surface area contributed by atoms with Gasteiger partial charge in [0.15, 0.2) is 0 Å². The average Bonchev–Trinajstić information content (AvgIpc) is 3.29. The Bertz CT molecular complexity index is 1410. The van der Waals surface area contributed by atoms with Gasteiger partial charge in [-0.1, -0.05) is 38.1 Å². The molecular formula is C25H25FN4O2S2. The number of nitrogens with zero attached hydrogens (tertiary/aromatic N) is 4. The van der Waals surface area contributed by atoms with Crippen molar-refractivity contribution in [1.29, 1.82) is 0 Å². The summed E-state index contributed by atoms with van der Waals surface area (Å²) in [7, 11) is -3.56. The van der Waals surface area contributed by atoms with E-state index in [1.165, 1.54) is 23.5 Å². The van der Waals surface area contributed by atoms with Crippen molar-refractivity contribution in [1.82, 2.24) is 14.3 Å². The summed E-state index contributed by atoms with van der Waals surface area (Å²) >= 11 is 1.52. The molecule has 0 atom stereocenters. The van der Waals surface area contributed by atoms with Crippen LogP contribution in [0, 0.1) is 5.82 Å². The highest BCUT2D eigenvalue weighted by atomic mass is 32.2. The fraction of sp³-hybridized carbons (Fsp3) is 0.280. The molecule has 6 nitrogen and oxygen atoms in total. The number of piperazine rings is 1. The lowest BCUT2D eigenvalue weighted by atomic mass is 10.0. The molecule has 0 bridgehead atoms. The van der Waals surface area contributed by atoms with Crippen LogP contribution in [0.1, 0.15) is 25.3 Å². The normalized spacial score (nSPS) is 15.4. The first kappa shape index (κ1) is 22.9. The number of sulfonamides is 1. The Morgan fingerprint density at radius 2 is 1.62 bits per heavy atom. The minimum absolute atomic E-state index is 0.282. The number of anilines is 1. The minimum Gasteiger partial charge on any atom is -0.353 e. The van der Waals surface area contributed by atoms with Gasteiger partial charge in [0.2, 0.25) is 10.0 Å². The maximum Gasteiger partial charge on any atom is 0.243 e. The van der Waals surface area contributed by atoms with Crippen molar-refractivity contribution in [2.45, 2.75) is 24.7 Å². The Morgan fingerprint density at radius 3 is 2.26 bits per heavy atom. The smallest absolute Gasteiger partial charge is 0.243 e. The number of thiophene rings is 1. The number of benzene rings is 2. The summed E-state index contributed by atoms with van der Waals surface area (Å²) in [6.07, 6.45) is 1.54. The molecule has 4 aromatic rings. The number of halogens is 1. The summed E-state index contributed by atoms with van der Waals surface area (Å²) in [5.41, 5.74) is 2.97. The van der Waals surface area contributed by atoms with E-state index in [1.54, 1.807) is 34.9 Å². The van der Waals surface area contributed by atoms with Crippen molar-refractivity contribution in [3.63, 3.8) is 0 Å². The molecule has 176 valence electrons. The molecule has 1 aliphatic rings. The lowest BCUT2D eigenvalue weighted by Gasteiger charge is -2.35. The van der Waals surface area contributed by atoms with Gasteiger partial charge in [-0.3, -0.25) is 0 Å². The highest BCUT2D eigenvalue weighted by Gasteiger charge is 2.30. The van der Waals surface area contributed by atoms with Gasteiger partial charge in [-0.2, -0.15) is 4.31 Å². The number of hydrogen-bond acceptors (Lipinski definition) is 6. The third-order valence-electron chi connectivity index (χ3n) is 6.23. The molecule has 2 aromatic heterocycles. The topological polar surface area (TPSA) is 66.4 Å². The van der Waals surface area contributed by atoms with Gasteiger partial charge >= 0.3 is 0 Å². The number of fused-ring (bicyclic) bond motifs is 1. The van der Waals surface area contributed by atoms with E-state index < -0.39 is 10.0 Å². The van der Waals surface area contributed by atoms with Gasteiger partial charge in [-0.25, -0.2) is 22.8 Å². The Kier molecular flexibility index (Phi) is 6.09. The predicted molar refractivity (Wildman–Crippen MR) is 134 cm³/mol. The van der Waals surface area contributed by atoms with Crippen molar-refractivity contribution < 1.29 is 12.8 Å². The van der Waals surface area contributed by atoms with Crippen LogP contribution in [0.2, 0.25) is 0 Å². The summed E-state index contributed by atoms with van der Waals surface area (Å²) in [6, 6.07) is 13.6. The zero-order chi connectivity index (χ0) is 23.9. The fourth-order valence-electron chi connectivity index (χ4n) is 4.26. The number of aromatic nitrogens is 2. The van der Waals surface area contributed by atoms with E-state index in [9.17, 15) is 12.8 Å². The molecule has 1 aliphatic heterocycles. The molecular weight excluding hydrogens is 471 g/mol. The van der Waals surface area contributed by atoms with Crippen LogP contribution in [-0.4, -0.2) is 48.9 Å². The molecule has 3 heterocycles. The highest BCUT2D eigenvalue weighted by Crippen LogP contribution is 2.38. The van der Waals surface area contributed by atoms with Gasteiger partial charge in [0, 0.05) is 37.1 Å². The van der Waals surface area contributed by atoms with Crippen LogP contribution >= 0.6 is 11.3 Å². The van der Waals surface area contributed by atoms with E-state index >= 15 is 0 Å². The quantitative estimate of drug-likeness (QED) is 0.383. The molecule has 0 N–H and O–H groups in total. The summed E-state index contributed by atoms with van der Waals surface area (Å²) < 4.78 is 41.4. The van der Waals surface area contributed by atoms with E-state index in [4.69, 9.17) is 0 Å². The summed E-state index contributed by atoms with van der Waals surface area (Å²) in [5, 5.41) is 2.93. The van der Waals surface area contributed by atoms with E-state index in [0.29, 0.717) is 37.0 Å². The van der Waals surface area contributed by atoms with Crippen molar-refractivity contribution in [2.75, 3.05) is 31.1 Å². The molecule has 0 aliphatic carbocycles. The first-order valence-electron chi connectivity index (χ1n) is 11.2. The number of hydrogen-bond donors (Lipinski definition) is 0. The van der Waals surface area contributed by atoms with Crippen molar-refractivity contribution in [3.8, 4) is 11.1 Å². The predicted octanol–water partition coefficient (Wildman–Crippen LogP) is 5.13. The molecule has 2 aromatic carbocycles. The van der Waals surface area contributed by atoms with Crippen LogP contribution in [0.25, 0.3) is 21.3 Å². The Labute approximate surface area is 202 Å². The summed E-state index contributed by atoms with van der Waals surface area (Å²) in [4.78, 5) is 12.3. The van der Waals surface area contributed by atoms with Gasteiger partial charge < -0.3 is 4.90 Å². The number of rotatable bonds is 5. The molecule has 1 fully saturated rings. The van der Waals surface area contributed by atoms with Crippen LogP contribution in [0.4, 0.5) is 10.2 Å². The second-order valence-electron chi connectivity index (χ2n) is 8.65. The highest BCUT2D eigenvalue weighted by molar-refractivity contribution is 7.89. The van der Waals surface area contributed by atoms with Crippen LogP contribution in [0.5, 0.6) is 0 Å². The summed E-state index contributed by atoms with van der Waals surface area (Å²) in [5.74, 6) is 0.849. The molecule has 9 heteroatoms. The zero-order valence-corrected chi connectivity index (χ0v) is 20.6. The van der Waals surface area contributed by atoms with Crippen molar-refractivity contribution in [2.24, 2.45) is 0 Å². The maximum atomic E-state index is 13.4. The third-order valence-corrected chi connectivity index (χ3v) is 9.03. The second kappa shape index (κ2) is 9.05. The third kappa shape index (κ3) is 4.19. The van der Waals surface area contributed by atoms with E-state index in [1.807, 2.05) is 17.5 Å². The van der Waals surface area contributed by atoms with Gasteiger partial charge in [-0.05, 0) is 41.3 Å². The fourth-order valence-corrected chi connectivity index (χ4v) is 6.59. The van der Waals surface area contributed by atoms with Gasteiger partial charge in [0.25, 0.3) is 0 Å². The van der Waals surface area contributed by atoms with Gasteiger partial charge in [0.1, 0.15) is 22.8 Å². The lowest BCUT2D eigenvalue weighted by Crippen LogP contribution is -2.49. The van der Waals surface area contributed by atoms with Gasteiger partial charge in [-0.15, -0.1) is 11.3 Å². The lowest BCUT2D eigenvalue weighted by molar-refractivity contribution is 0.384. The molecule has 0 saturated carbocycles. The molecule has 0 radical (unpaired) electrons. The maximum absolute atomic E-state index is 13.4. The molecule has 34 heavy (non-hydrogen) atoms. The Balaban J connectivity index is 1.39. The summed E-state index contributed by atoms with van der Waals surface area (Å²) in [6.45, 7) is 5.96. The standard InChI is InChI=1S/C25H25FN4O2S2/c1-17(2)18-5-9-21(10-6-18)34(31,32)30-13-11-29(12-14-30)24-23-22(15-33-25(23)28-16-27-24)19-3-7-20(26)8-4-19/h3-10,15-17H,11-14H2,1-2H3. The van der Waals surface area contributed by atoms with E-state index in [-0.39, 0.29) is 5.82 Å². The van der Waals surface area contributed by atoms with Gasteiger partial charge in [0.05, 0.1) is 10.3 Å². The molecule has 5 rings (SSSR count).